The lowest BCUT2D eigenvalue weighted by Crippen LogP contribution is -2.35. The maximum absolute atomic E-state index is 12.6. The third-order valence-corrected chi connectivity index (χ3v) is 5.14. The number of nitrogens with one attached hydrogen (secondary N) is 2. The molecule has 138 valence electrons. The van der Waals surface area contributed by atoms with Crippen molar-refractivity contribution in [1.29, 1.82) is 0 Å². The molecule has 1 aromatic heterocycles. The maximum atomic E-state index is 12.6. The van der Waals surface area contributed by atoms with Crippen molar-refractivity contribution in [2.45, 2.75) is 46.1 Å². The Balaban J connectivity index is 1.47. The van der Waals surface area contributed by atoms with E-state index in [9.17, 15) is 9.59 Å². The number of hydrogen-bond acceptors (Lipinski definition) is 3. The van der Waals surface area contributed by atoms with E-state index in [2.05, 4.69) is 10.6 Å². The largest absolute Gasteiger partial charge is 0.467 e. The van der Waals surface area contributed by atoms with Crippen LogP contribution in [0.25, 0.3) is 0 Å². The first-order chi connectivity index (χ1) is 12.5. The lowest BCUT2D eigenvalue weighted by Gasteiger charge is -2.27. The van der Waals surface area contributed by atoms with Crippen LogP contribution in [-0.4, -0.2) is 11.8 Å². The Morgan fingerprint density at radius 3 is 2.38 bits per heavy atom. The number of benzene rings is 1. The zero-order valence-corrected chi connectivity index (χ0v) is 15.4. The molecule has 1 aliphatic carbocycles. The Bertz CT molecular complexity index is 760. The molecule has 2 amide bonds. The first kappa shape index (κ1) is 18.2. The van der Waals surface area contributed by atoms with Crippen LogP contribution in [0.2, 0.25) is 0 Å². The molecule has 1 saturated carbocycles. The highest BCUT2D eigenvalue weighted by Gasteiger charge is 2.30. The van der Waals surface area contributed by atoms with Crippen LogP contribution in [0, 0.1) is 25.7 Å². The second-order valence-corrected chi connectivity index (χ2v) is 7.15. The molecule has 0 bridgehead atoms. The highest BCUT2D eigenvalue weighted by molar-refractivity contribution is 5.93. The molecule has 0 saturated heterocycles. The number of furan rings is 1. The second-order valence-electron chi connectivity index (χ2n) is 7.15. The normalized spacial score (nSPS) is 19.8. The summed E-state index contributed by atoms with van der Waals surface area (Å²) < 4.78 is 5.23. The van der Waals surface area contributed by atoms with Crippen molar-refractivity contribution < 1.29 is 14.0 Å². The van der Waals surface area contributed by atoms with Crippen molar-refractivity contribution in [3.8, 4) is 0 Å². The van der Waals surface area contributed by atoms with E-state index in [1.807, 2.05) is 38.1 Å². The smallest absolute Gasteiger partial charge is 0.227 e. The van der Waals surface area contributed by atoms with Crippen LogP contribution in [0.4, 0.5) is 5.69 Å². The summed E-state index contributed by atoms with van der Waals surface area (Å²) in [7, 11) is 0. The van der Waals surface area contributed by atoms with Crippen molar-refractivity contribution >= 4 is 17.5 Å². The summed E-state index contributed by atoms with van der Waals surface area (Å²) in [5.41, 5.74) is 3.08. The molecule has 2 N–H and O–H groups in total. The molecular formula is C21H26N2O3. The highest BCUT2D eigenvalue weighted by atomic mass is 16.3. The van der Waals surface area contributed by atoms with E-state index in [4.69, 9.17) is 4.42 Å². The molecule has 1 heterocycles. The van der Waals surface area contributed by atoms with Crippen molar-refractivity contribution in [1.82, 2.24) is 5.32 Å². The predicted octanol–water partition coefficient (Wildman–Crippen LogP) is 3.96. The molecule has 0 unspecified atom stereocenters. The summed E-state index contributed by atoms with van der Waals surface area (Å²) in [6.07, 6.45) is 4.58. The molecule has 1 aromatic carbocycles. The minimum absolute atomic E-state index is 0.0188. The van der Waals surface area contributed by atoms with Crippen molar-refractivity contribution in [3.63, 3.8) is 0 Å². The van der Waals surface area contributed by atoms with Crippen molar-refractivity contribution in [2.75, 3.05) is 5.32 Å². The standard InChI is InChI=1S/C21H26N2O3/c1-14-5-6-15(2)19(12-14)23-21(25)17-9-7-16(8-10-17)20(24)22-13-18-4-3-11-26-18/h3-6,11-12,16-17H,7-10,13H2,1-2H3,(H,22,24)(H,23,25). The van der Waals surface area contributed by atoms with E-state index in [0.717, 1.165) is 48.3 Å². The average Bonchev–Trinajstić information content (AvgIpc) is 3.16. The number of amides is 2. The maximum Gasteiger partial charge on any atom is 0.227 e. The summed E-state index contributed by atoms with van der Waals surface area (Å²) in [5, 5.41) is 5.98. The third kappa shape index (κ3) is 4.54. The number of rotatable bonds is 5. The van der Waals surface area contributed by atoms with Gasteiger partial charge < -0.3 is 15.1 Å². The molecule has 1 aliphatic rings. The van der Waals surface area contributed by atoms with E-state index < -0.39 is 0 Å². The lowest BCUT2D eigenvalue weighted by atomic mass is 9.81. The molecule has 5 heteroatoms. The van der Waals surface area contributed by atoms with E-state index >= 15 is 0 Å². The van der Waals surface area contributed by atoms with Crippen LogP contribution < -0.4 is 10.6 Å². The second kappa shape index (κ2) is 8.21. The number of aryl methyl sites for hydroxylation is 2. The summed E-state index contributed by atoms with van der Waals surface area (Å²) >= 11 is 0. The van der Waals surface area contributed by atoms with Gasteiger partial charge in [0.05, 0.1) is 12.8 Å². The van der Waals surface area contributed by atoms with E-state index in [-0.39, 0.29) is 23.7 Å². The molecule has 0 atom stereocenters. The first-order valence-electron chi connectivity index (χ1n) is 9.21. The molecular weight excluding hydrogens is 328 g/mol. The fourth-order valence-corrected chi connectivity index (χ4v) is 3.45. The Morgan fingerprint density at radius 2 is 1.73 bits per heavy atom. The van der Waals surface area contributed by atoms with Crippen LogP contribution in [0.15, 0.2) is 41.0 Å². The first-order valence-corrected chi connectivity index (χ1v) is 9.21. The fraction of sp³-hybridized carbons (Fsp3) is 0.429. The quantitative estimate of drug-likeness (QED) is 0.854. The van der Waals surface area contributed by atoms with Gasteiger partial charge in [0.2, 0.25) is 11.8 Å². The number of hydrogen-bond donors (Lipinski definition) is 2. The van der Waals surface area contributed by atoms with Gasteiger partial charge in [0.25, 0.3) is 0 Å². The van der Waals surface area contributed by atoms with Crippen LogP contribution in [0.5, 0.6) is 0 Å². The lowest BCUT2D eigenvalue weighted by molar-refractivity contribution is -0.128. The highest BCUT2D eigenvalue weighted by Crippen LogP contribution is 2.30. The van der Waals surface area contributed by atoms with Gasteiger partial charge in [-0.05, 0) is 68.9 Å². The predicted molar refractivity (Wildman–Crippen MR) is 101 cm³/mol. The SMILES string of the molecule is Cc1ccc(C)c(NC(=O)C2CCC(C(=O)NCc3ccco3)CC2)c1. The van der Waals surface area contributed by atoms with Gasteiger partial charge in [0, 0.05) is 17.5 Å². The van der Waals surface area contributed by atoms with Gasteiger partial charge in [-0.25, -0.2) is 0 Å². The Hall–Kier alpha value is -2.56. The van der Waals surface area contributed by atoms with E-state index in [1.165, 1.54) is 0 Å². The van der Waals surface area contributed by atoms with E-state index in [0.29, 0.717) is 6.54 Å². The molecule has 2 aromatic rings. The van der Waals surface area contributed by atoms with E-state index in [1.54, 1.807) is 12.3 Å². The van der Waals surface area contributed by atoms with Crippen LogP contribution in [-0.2, 0) is 16.1 Å². The summed E-state index contributed by atoms with van der Waals surface area (Å²) in [5.74, 6) is 0.821. The molecule has 0 spiro atoms. The summed E-state index contributed by atoms with van der Waals surface area (Å²) in [6.45, 7) is 4.43. The summed E-state index contributed by atoms with van der Waals surface area (Å²) in [4.78, 5) is 24.9. The molecule has 1 fully saturated rings. The monoisotopic (exact) mass is 354 g/mol. The zero-order chi connectivity index (χ0) is 18.5. The van der Waals surface area contributed by atoms with Crippen LogP contribution in [0.3, 0.4) is 0 Å². The Kier molecular flexibility index (Phi) is 5.76. The molecule has 5 nitrogen and oxygen atoms in total. The van der Waals surface area contributed by atoms with Gasteiger partial charge in [-0.15, -0.1) is 0 Å². The molecule has 0 radical (unpaired) electrons. The zero-order valence-electron chi connectivity index (χ0n) is 15.4. The summed E-state index contributed by atoms with van der Waals surface area (Å²) in [6, 6.07) is 9.71. The fourth-order valence-electron chi connectivity index (χ4n) is 3.45. The number of carbonyl (C=O) groups excluding carboxylic acids is 2. The van der Waals surface area contributed by atoms with Gasteiger partial charge in [-0.3, -0.25) is 9.59 Å². The van der Waals surface area contributed by atoms with Crippen LogP contribution in [0.1, 0.15) is 42.6 Å². The van der Waals surface area contributed by atoms with Crippen molar-refractivity contribution in [2.24, 2.45) is 11.8 Å². The number of carbonyl (C=O) groups is 2. The van der Waals surface area contributed by atoms with Gasteiger partial charge >= 0.3 is 0 Å². The molecule has 0 aliphatic heterocycles. The van der Waals surface area contributed by atoms with Gasteiger partial charge in [0.1, 0.15) is 5.76 Å². The van der Waals surface area contributed by atoms with Crippen LogP contribution >= 0.6 is 0 Å². The molecule has 3 rings (SSSR count). The van der Waals surface area contributed by atoms with Gasteiger partial charge in [-0.2, -0.15) is 0 Å². The topological polar surface area (TPSA) is 71.3 Å². The third-order valence-electron chi connectivity index (χ3n) is 5.14. The van der Waals surface area contributed by atoms with Gasteiger partial charge in [0.15, 0.2) is 0 Å². The average molecular weight is 354 g/mol. The number of anilines is 1. The Morgan fingerprint density at radius 1 is 1.04 bits per heavy atom. The van der Waals surface area contributed by atoms with Gasteiger partial charge in [-0.1, -0.05) is 12.1 Å². The minimum Gasteiger partial charge on any atom is -0.467 e. The Labute approximate surface area is 154 Å². The van der Waals surface area contributed by atoms with Crippen molar-refractivity contribution in [3.05, 3.63) is 53.5 Å². The molecule has 26 heavy (non-hydrogen) atoms. The minimum atomic E-state index is -0.0240.